The van der Waals surface area contributed by atoms with Crippen molar-refractivity contribution in [3.8, 4) is 0 Å². The van der Waals surface area contributed by atoms with Crippen LogP contribution in [0.3, 0.4) is 0 Å². The van der Waals surface area contributed by atoms with Crippen molar-refractivity contribution in [1.29, 1.82) is 0 Å². The Labute approximate surface area is 386 Å². The number of hydrogen-bond donors (Lipinski definition) is 0. The summed E-state index contributed by atoms with van der Waals surface area (Å²) >= 11 is 3.77. The summed E-state index contributed by atoms with van der Waals surface area (Å²) in [5, 5.41) is 2.33. The molecule has 2 heterocycles. The maximum atomic E-state index is 2.47. The molecule has 0 fully saturated rings. The summed E-state index contributed by atoms with van der Waals surface area (Å²) < 4.78 is 4.95. The Morgan fingerprint density at radius 1 is 0.250 bits per heavy atom. The zero-order chi connectivity index (χ0) is 43.6. The number of rotatable bonds is 8. The van der Waals surface area contributed by atoms with Gasteiger partial charge >= 0.3 is 0 Å². The number of nitrogens with zero attached hydrogens (tertiary/aromatic N) is 2. The van der Waals surface area contributed by atoms with Crippen LogP contribution in [0.25, 0.3) is 22.3 Å². The Bertz CT molecular complexity index is 2830. The van der Waals surface area contributed by atoms with E-state index >= 15 is 0 Å². The fourth-order valence-corrected chi connectivity index (χ4v) is 11.4. The monoisotopic (exact) mass is 860 g/mol. The van der Waals surface area contributed by atoms with Crippen molar-refractivity contribution < 1.29 is 0 Å². The minimum Gasteiger partial charge on any atom is -0.147 e. The molecule has 0 aliphatic carbocycles. The first kappa shape index (κ1) is 41.1. The van der Waals surface area contributed by atoms with Crippen molar-refractivity contribution >= 4 is 78.7 Å². The van der Waals surface area contributed by atoms with Gasteiger partial charge in [-0.3, -0.25) is 0 Å². The minimum absolute atomic E-state index is 1.11. The lowest BCUT2D eigenvalue weighted by atomic mass is 9.91. The van der Waals surface area contributed by atoms with Gasteiger partial charge in [0.25, 0.3) is 10.1 Å². The van der Waals surface area contributed by atoms with Crippen LogP contribution in [-0.2, 0) is 0 Å². The maximum Gasteiger partial charge on any atom is 0.259 e. The average molecular weight is 861 g/mol. The third kappa shape index (κ3) is 8.07. The highest BCUT2D eigenvalue weighted by Gasteiger charge is 2.44. The van der Waals surface area contributed by atoms with Gasteiger partial charge in [-0.1, -0.05) is 192 Å². The molecule has 0 spiro atoms. The Balaban J connectivity index is 1.39. The molecule has 0 saturated carbocycles. The fourth-order valence-electron chi connectivity index (χ4n) is 8.52. The first-order valence-corrected chi connectivity index (χ1v) is 23.5. The molecule has 0 atom stereocenters. The second-order valence-electron chi connectivity index (χ2n) is 16.4. The lowest BCUT2D eigenvalue weighted by Crippen LogP contribution is -2.14. The number of aryl methyl sites for hydroxylation is 4. The molecule has 2 aliphatic heterocycles. The van der Waals surface area contributed by atoms with E-state index in [0.717, 1.165) is 32.8 Å². The summed E-state index contributed by atoms with van der Waals surface area (Å²) in [6.07, 6.45) is 0. The topological polar surface area (TPSA) is 6.02 Å². The lowest BCUT2D eigenvalue weighted by molar-refractivity contribution is 1.09. The van der Waals surface area contributed by atoms with Gasteiger partial charge in [0.05, 0.1) is 11.1 Å². The summed E-state index contributed by atoms with van der Waals surface area (Å²) in [5.41, 5.74) is 18.9. The van der Waals surface area contributed by atoms with E-state index in [4.69, 9.17) is 0 Å². The number of allylic oxidation sites excluding steroid dienone is 2. The van der Waals surface area contributed by atoms with E-state index < -0.39 is 0 Å². The third-order valence-electron chi connectivity index (χ3n) is 11.8. The first-order chi connectivity index (χ1) is 31.4. The molecule has 0 aromatic heterocycles. The molecule has 2 aliphatic rings. The predicted molar refractivity (Wildman–Crippen MR) is 279 cm³/mol. The summed E-state index contributed by atoms with van der Waals surface area (Å²) in [5.74, 6) is 0. The van der Waals surface area contributed by atoms with Gasteiger partial charge in [-0.15, -0.1) is 9.15 Å². The highest BCUT2D eigenvalue weighted by molar-refractivity contribution is 8.23. The summed E-state index contributed by atoms with van der Waals surface area (Å²) in [6, 6.07) is 79.9. The molecule has 0 N–H and O–H groups in total. The fraction of sp³-hybridized carbons (Fsp3) is 0.0667. The van der Waals surface area contributed by atoms with E-state index in [0.29, 0.717) is 0 Å². The number of hydrogen-bond acceptors (Lipinski definition) is 2. The quantitative estimate of drug-likeness (QED) is 0.140. The Hall–Kier alpha value is -6.98. The van der Waals surface area contributed by atoms with Gasteiger partial charge in [-0.2, -0.15) is 0 Å². The summed E-state index contributed by atoms with van der Waals surface area (Å²) in [6.45, 7) is 8.64. The van der Waals surface area contributed by atoms with Gasteiger partial charge in [0.1, 0.15) is 0 Å². The first-order valence-electron chi connectivity index (χ1n) is 21.8. The van der Waals surface area contributed by atoms with Crippen molar-refractivity contribution in [2.24, 2.45) is 0 Å². The van der Waals surface area contributed by atoms with E-state index in [9.17, 15) is 0 Å². The van der Waals surface area contributed by atoms with E-state index in [2.05, 4.69) is 255 Å². The van der Waals surface area contributed by atoms with Gasteiger partial charge in [0.15, 0.2) is 0 Å². The summed E-state index contributed by atoms with van der Waals surface area (Å²) in [7, 11) is 0. The Morgan fingerprint density at radius 3 is 0.703 bits per heavy atom. The Morgan fingerprint density at radius 2 is 0.469 bits per heavy atom. The Kier molecular flexibility index (Phi) is 11.6. The van der Waals surface area contributed by atoms with Crippen molar-refractivity contribution in [2.75, 3.05) is 0 Å². The van der Waals surface area contributed by atoms with Gasteiger partial charge in [-0.25, -0.2) is 0 Å². The molecule has 2 nitrogen and oxygen atoms in total. The number of benzene rings is 8. The van der Waals surface area contributed by atoms with Gasteiger partial charge in [0, 0.05) is 69.5 Å². The zero-order valence-electron chi connectivity index (χ0n) is 36.5. The predicted octanol–water partition coefficient (Wildman–Crippen LogP) is 16.0. The molecule has 308 valence electrons. The molecule has 10 rings (SSSR count). The van der Waals surface area contributed by atoms with Crippen LogP contribution in [0.1, 0.15) is 44.5 Å². The molecule has 0 radical (unpaired) electrons. The van der Waals surface area contributed by atoms with Crippen molar-refractivity contribution in [3.05, 3.63) is 273 Å². The molecule has 0 unspecified atom stereocenters. The largest absolute Gasteiger partial charge is 0.259 e. The van der Waals surface area contributed by atoms with Crippen molar-refractivity contribution in [1.82, 2.24) is 9.15 Å². The normalized spacial score (nSPS) is 15.0. The SMILES string of the molecule is Cc1ccc([N+](=C2S/C(=C3/SC(=[N+](c4ccc(C)cc4)c4ccc(C)cc4)C(c4ccccc4)=C3c3ccccc3)C(c3ccccc3)=C2c2ccccc2)c2ccc(C)cc2)cc1. The van der Waals surface area contributed by atoms with E-state index in [1.165, 1.54) is 76.6 Å². The lowest BCUT2D eigenvalue weighted by Gasteiger charge is -2.13. The van der Waals surface area contributed by atoms with Crippen LogP contribution < -0.4 is 9.15 Å². The standard InChI is InChI=1S/C60H48N2S2/c1-41-25-33-49(34-26-41)61(50-35-27-42(2)28-36-50)59-55(47-21-13-7-14-22-47)53(45-17-9-5-10-18-45)57(63-59)58-54(46-19-11-6-12-20-46)56(48-23-15-8-16-24-48)60(64-58)62(51-37-29-43(3)30-38-51)52-39-31-44(4)32-40-52/h5-40H,1-4H3/q+2/b58-57+. The van der Waals surface area contributed by atoms with Gasteiger partial charge < -0.3 is 0 Å². The molecular formula is C60H48N2S2+2. The van der Waals surface area contributed by atoms with Crippen LogP contribution in [0.2, 0.25) is 0 Å². The average Bonchev–Trinajstić information content (AvgIpc) is 3.92. The third-order valence-corrected chi connectivity index (χ3v) is 14.3. The molecule has 0 bridgehead atoms. The second kappa shape index (κ2) is 18.0. The molecular weight excluding hydrogens is 813 g/mol. The van der Waals surface area contributed by atoms with Gasteiger partial charge in [0.2, 0.25) is 22.7 Å². The molecule has 8 aromatic carbocycles. The zero-order valence-corrected chi connectivity index (χ0v) is 38.1. The maximum absolute atomic E-state index is 2.47. The van der Waals surface area contributed by atoms with E-state index in [-0.39, 0.29) is 0 Å². The van der Waals surface area contributed by atoms with Crippen LogP contribution in [0, 0.1) is 27.7 Å². The van der Waals surface area contributed by atoms with Crippen LogP contribution in [0.4, 0.5) is 22.7 Å². The van der Waals surface area contributed by atoms with E-state index in [1.807, 2.05) is 23.5 Å². The molecule has 0 amide bonds. The number of thioether (sulfide) groups is 2. The van der Waals surface area contributed by atoms with Crippen LogP contribution in [-0.4, -0.2) is 10.1 Å². The van der Waals surface area contributed by atoms with Crippen LogP contribution >= 0.6 is 23.5 Å². The van der Waals surface area contributed by atoms with Crippen LogP contribution in [0.15, 0.2) is 228 Å². The molecule has 8 aromatic rings. The van der Waals surface area contributed by atoms with Crippen LogP contribution in [0.5, 0.6) is 0 Å². The van der Waals surface area contributed by atoms with Gasteiger partial charge in [-0.05, 0) is 73.5 Å². The van der Waals surface area contributed by atoms with Crippen molar-refractivity contribution in [3.63, 3.8) is 0 Å². The smallest absolute Gasteiger partial charge is 0.147 e. The molecule has 64 heavy (non-hydrogen) atoms. The molecule has 4 heteroatoms. The molecule has 0 saturated heterocycles. The van der Waals surface area contributed by atoms with E-state index in [1.54, 1.807) is 0 Å². The van der Waals surface area contributed by atoms with Crippen molar-refractivity contribution in [2.45, 2.75) is 27.7 Å². The highest BCUT2D eigenvalue weighted by atomic mass is 32.2. The second-order valence-corrected chi connectivity index (χ2v) is 18.4. The highest BCUT2D eigenvalue weighted by Crippen LogP contribution is 2.59. The minimum atomic E-state index is 1.11. The summed E-state index contributed by atoms with van der Waals surface area (Å²) in [4.78, 5) is 2.45.